The minimum atomic E-state index is -0.285. The molecule has 0 bridgehead atoms. The number of amides is 2. The van der Waals surface area contributed by atoms with Crippen molar-refractivity contribution in [2.45, 2.75) is 6.42 Å². The van der Waals surface area contributed by atoms with E-state index in [9.17, 15) is 9.59 Å². The van der Waals surface area contributed by atoms with Gasteiger partial charge in [-0.2, -0.15) is 0 Å². The summed E-state index contributed by atoms with van der Waals surface area (Å²) >= 11 is 0. The predicted octanol–water partition coefficient (Wildman–Crippen LogP) is 2.30. The Balaban J connectivity index is 1.65. The smallest absolute Gasteiger partial charge is 0.319 e. The van der Waals surface area contributed by atoms with Crippen LogP contribution in [-0.2, 0) is 13.5 Å². The standard InChI is InChI=1S/C18H18N4O2/c1-22-16(21-15-10-6-5-9-14(15)17(22)23)11-12-19-18(24)20-13-7-3-2-4-8-13/h2-10H,11-12H2,1H3,(H2,19,20,24). The van der Waals surface area contributed by atoms with Crippen molar-refractivity contribution in [2.24, 2.45) is 7.05 Å². The van der Waals surface area contributed by atoms with Crippen molar-refractivity contribution >= 4 is 22.6 Å². The van der Waals surface area contributed by atoms with Crippen LogP contribution in [0.4, 0.5) is 10.5 Å². The Kier molecular flexibility index (Phi) is 4.56. The lowest BCUT2D eigenvalue weighted by Crippen LogP contribution is -2.32. The summed E-state index contributed by atoms with van der Waals surface area (Å²) in [6.07, 6.45) is 0.471. The van der Waals surface area contributed by atoms with E-state index in [4.69, 9.17) is 0 Å². The highest BCUT2D eigenvalue weighted by Crippen LogP contribution is 2.07. The first-order valence-corrected chi connectivity index (χ1v) is 7.70. The van der Waals surface area contributed by atoms with E-state index < -0.39 is 0 Å². The lowest BCUT2D eigenvalue weighted by atomic mass is 10.2. The fourth-order valence-corrected chi connectivity index (χ4v) is 2.47. The number of carbonyl (C=O) groups is 1. The van der Waals surface area contributed by atoms with Gasteiger partial charge in [0, 0.05) is 25.7 Å². The Hall–Kier alpha value is -3.15. The quantitative estimate of drug-likeness (QED) is 0.774. The van der Waals surface area contributed by atoms with Crippen LogP contribution in [0.5, 0.6) is 0 Å². The summed E-state index contributed by atoms with van der Waals surface area (Å²) < 4.78 is 1.53. The van der Waals surface area contributed by atoms with Gasteiger partial charge in [-0.05, 0) is 24.3 Å². The number of anilines is 1. The van der Waals surface area contributed by atoms with E-state index in [1.165, 1.54) is 4.57 Å². The van der Waals surface area contributed by atoms with E-state index in [1.54, 1.807) is 13.1 Å². The van der Waals surface area contributed by atoms with Crippen molar-refractivity contribution in [3.05, 3.63) is 70.8 Å². The molecule has 0 radical (unpaired) electrons. The third-order valence-electron chi connectivity index (χ3n) is 3.74. The molecular weight excluding hydrogens is 304 g/mol. The molecule has 0 spiro atoms. The van der Waals surface area contributed by atoms with Crippen LogP contribution in [0.1, 0.15) is 5.82 Å². The number of urea groups is 1. The number of hydrogen-bond acceptors (Lipinski definition) is 3. The third kappa shape index (κ3) is 3.43. The summed E-state index contributed by atoms with van der Waals surface area (Å²) in [5.41, 5.74) is 1.32. The topological polar surface area (TPSA) is 76.0 Å². The highest BCUT2D eigenvalue weighted by Gasteiger charge is 2.08. The lowest BCUT2D eigenvalue weighted by Gasteiger charge is -2.10. The molecule has 1 aromatic heterocycles. The number of para-hydroxylation sites is 2. The molecule has 3 aromatic rings. The van der Waals surface area contributed by atoms with Crippen LogP contribution in [0.3, 0.4) is 0 Å². The number of nitrogens with one attached hydrogen (secondary N) is 2. The molecule has 24 heavy (non-hydrogen) atoms. The van der Waals surface area contributed by atoms with Crippen LogP contribution in [0.2, 0.25) is 0 Å². The average molecular weight is 322 g/mol. The second-order valence-electron chi connectivity index (χ2n) is 5.41. The molecule has 6 heteroatoms. The molecule has 0 saturated carbocycles. The van der Waals surface area contributed by atoms with Gasteiger partial charge in [0.25, 0.3) is 5.56 Å². The predicted molar refractivity (Wildman–Crippen MR) is 94.2 cm³/mol. The van der Waals surface area contributed by atoms with Crippen molar-refractivity contribution < 1.29 is 4.79 Å². The Morgan fingerprint density at radius 1 is 1.08 bits per heavy atom. The van der Waals surface area contributed by atoms with E-state index in [0.717, 1.165) is 5.69 Å². The van der Waals surface area contributed by atoms with E-state index in [0.29, 0.717) is 29.7 Å². The van der Waals surface area contributed by atoms with Crippen LogP contribution in [0.25, 0.3) is 10.9 Å². The molecule has 2 aromatic carbocycles. The van der Waals surface area contributed by atoms with Crippen LogP contribution >= 0.6 is 0 Å². The number of hydrogen-bond donors (Lipinski definition) is 2. The molecule has 0 aliphatic carbocycles. The maximum Gasteiger partial charge on any atom is 0.319 e. The highest BCUT2D eigenvalue weighted by molar-refractivity contribution is 5.89. The molecule has 0 unspecified atom stereocenters. The molecule has 0 atom stereocenters. The maximum atomic E-state index is 12.3. The SMILES string of the molecule is Cn1c(CCNC(=O)Nc2ccccc2)nc2ccccc2c1=O. The van der Waals surface area contributed by atoms with E-state index >= 15 is 0 Å². The number of fused-ring (bicyclic) bond motifs is 1. The normalized spacial score (nSPS) is 10.5. The van der Waals surface area contributed by atoms with Crippen LogP contribution in [0, 0.1) is 0 Å². The fraction of sp³-hybridized carbons (Fsp3) is 0.167. The van der Waals surface area contributed by atoms with E-state index in [-0.39, 0.29) is 11.6 Å². The van der Waals surface area contributed by atoms with Crippen molar-refractivity contribution in [3.63, 3.8) is 0 Å². The average Bonchev–Trinajstić information content (AvgIpc) is 2.60. The van der Waals surface area contributed by atoms with Gasteiger partial charge in [0.2, 0.25) is 0 Å². The van der Waals surface area contributed by atoms with E-state index in [2.05, 4.69) is 15.6 Å². The molecule has 122 valence electrons. The lowest BCUT2D eigenvalue weighted by molar-refractivity contribution is 0.252. The van der Waals surface area contributed by atoms with Crippen molar-refractivity contribution in [1.29, 1.82) is 0 Å². The zero-order chi connectivity index (χ0) is 16.9. The first kappa shape index (κ1) is 15.7. The molecule has 0 aliphatic heterocycles. The molecule has 6 nitrogen and oxygen atoms in total. The Morgan fingerprint density at radius 3 is 2.58 bits per heavy atom. The first-order valence-electron chi connectivity index (χ1n) is 7.70. The largest absolute Gasteiger partial charge is 0.337 e. The Bertz CT molecular complexity index is 919. The second-order valence-corrected chi connectivity index (χ2v) is 5.41. The number of benzene rings is 2. The number of nitrogens with zero attached hydrogens (tertiary/aromatic N) is 2. The molecule has 2 N–H and O–H groups in total. The van der Waals surface area contributed by atoms with Gasteiger partial charge in [0.15, 0.2) is 0 Å². The molecule has 0 saturated heterocycles. The van der Waals surface area contributed by atoms with Gasteiger partial charge in [-0.15, -0.1) is 0 Å². The summed E-state index contributed by atoms with van der Waals surface area (Å²) in [4.78, 5) is 28.7. The number of rotatable bonds is 4. The monoisotopic (exact) mass is 322 g/mol. The minimum Gasteiger partial charge on any atom is -0.337 e. The van der Waals surface area contributed by atoms with Crippen LogP contribution in [0.15, 0.2) is 59.4 Å². The molecule has 0 aliphatic rings. The van der Waals surface area contributed by atoms with Gasteiger partial charge in [-0.25, -0.2) is 9.78 Å². The summed E-state index contributed by atoms with van der Waals surface area (Å²) in [5.74, 6) is 0.638. The van der Waals surface area contributed by atoms with Gasteiger partial charge in [-0.3, -0.25) is 9.36 Å². The Morgan fingerprint density at radius 2 is 1.79 bits per heavy atom. The minimum absolute atomic E-state index is 0.0793. The summed E-state index contributed by atoms with van der Waals surface area (Å²) in [7, 11) is 1.70. The molecule has 1 heterocycles. The van der Waals surface area contributed by atoms with Crippen molar-refractivity contribution in [1.82, 2.24) is 14.9 Å². The molecule has 0 fully saturated rings. The summed E-state index contributed by atoms with van der Waals surface area (Å²) in [6.45, 7) is 0.386. The third-order valence-corrected chi connectivity index (χ3v) is 3.74. The van der Waals surface area contributed by atoms with Gasteiger partial charge in [0.05, 0.1) is 10.9 Å². The van der Waals surface area contributed by atoms with Gasteiger partial charge in [0.1, 0.15) is 5.82 Å². The summed E-state index contributed by atoms with van der Waals surface area (Å²) in [6, 6.07) is 16.2. The Labute approximate surface area is 139 Å². The number of carbonyl (C=O) groups excluding carboxylic acids is 1. The second kappa shape index (κ2) is 6.95. The molecule has 3 rings (SSSR count). The molecular formula is C18H18N4O2. The molecule has 2 amide bonds. The van der Waals surface area contributed by atoms with Crippen molar-refractivity contribution in [2.75, 3.05) is 11.9 Å². The zero-order valence-electron chi connectivity index (χ0n) is 13.3. The fourth-order valence-electron chi connectivity index (χ4n) is 2.47. The maximum absolute atomic E-state index is 12.3. The summed E-state index contributed by atoms with van der Waals surface area (Å²) in [5, 5.41) is 6.11. The van der Waals surface area contributed by atoms with Gasteiger partial charge < -0.3 is 10.6 Å². The van der Waals surface area contributed by atoms with Gasteiger partial charge in [-0.1, -0.05) is 30.3 Å². The highest BCUT2D eigenvalue weighted by atomic mass is 16.2. The van der Waals surface area contributed by atoms with Gasteiger partial charge >= 0.3 is 6.03 Å². The zero-order valence-corrected chi connectivity index (χ0v) is 13.3. The van der Waals surface area contributed by atoms with Crippen LogP contribution in [-0.4, -0.2) is 22.1 Å². The number of aromatic nitrogens is 2. The van der Waals surface area contributed by atoms with E-state index in [1.807, 2.05) is 48.5 Å². The van der Waals surface area contributed by atoms with Crippen LogP contribution < -0.4 is 16.2 Å². The van der Waals surface area contributed by atoms with Crippen molar-refractivity contribution in [3.8, 4) is 0 Å². The first-order chi connectivity index (χ1) is 11.6.